The number of thiophene rings is 1. The van der Waals surface area contributed by atoms with Gasteiger partial charge in [0.1, 0.15) is 16.5 Å². The molecular weight excluding hydrogens is 288 g/mol. The Morgan fingerprint density at radius 1 is 1.25 bits per heavy atom. The van der Waals surface area contributed by atoms with Crippen LogP contribution in [0.15, 0.2) is 0 Å². The van der Waals surface area contributed by atoms with Crippen LogP contribution in [0.4, 0.5) is 5.82 Å². The standard InChI is InChI=1S/C14H22N4S2/c1-9-10(2)20-14-12(9)13(15-3)16-11(17-14)8-19-7-6-18(4)5/h6-8H2,1-5H3,(H,15,16,17). The van der Waals surface area contributed by atoms with Crippen LogP contribution in [0.5, 0.6) is 0 Å². The molecule has 2 aromatic heterocycles. The summed E-state index contributed by atoms with van der Waals surface area (Å²) in [6.07, 6.45) is 0. The van der Waals surface area contributed by atoms with Crippen molar-refractivity contribution in [2.45, 2.75) is 19.6 Å². The van der Waals surface area contributed by atoms with Crippen molar-refractivity contribution in [2.75, 3.05) is 38.8 Å². The van der Waals surface area contributed by atoms with Gasteiger partial charge in [-0.2, -0.15) is 11.8 Å². The van der Waals surface area contributed by atoms with Crippen molar-refractivity contribution < 1.29 is 0 Å². The topological polar surface area (TPSA) is 41.1 Å². The van der Waals surface area contributed by atoms with E-state index >= 15 is 0 Å². The molecule has 0 atom stereocenters. The van der Waals surface area contributed by atoms with Gasteiger partial charge in [0.2, 0.25) is 0 Å². The molecule has 0 amide bonds. The average molecular weight is 310 g/mol. The van der Waals surface area contributed by atoms with Crippen LogP contribution in [0.2, 0.25) is 0 Å². The minimum Gasteiger partial charge on any atom is -0.372 e. The lowest BCUT2D eigenvalue weighted by Crippen LogP contribution is -2.15. The number of thioether (sulfide) groups is 1. The van der Waals surface area contributed by atoms with Crippen LogP contribution in [-0.2, 0) is 5.75 Å². The van der Waals surface area contributed by atoms with Gasteiger partial charge >= 0.3 is 0 Å². The molecule has 0 aliphatic carbocycles. The molecule has 0 saturated carbocycles. The second-order valence-electron chi connectivity index (χ2n) is 5.06. The molecule has 0 aliphatic rings. The first-order chi connectivity index (χ1) is 9.52. The van der Waals surface area contributed by atoms with Crippen molar-refractivity contribution in [3.8, 4) is 0 Å². The number of nitrogens with zero attached hydrogens (tertiary/aromatic N) is 3. The zero-order valence-electron chi connectivity index (χ0n) is 12.8. The zero-order valence-corrected chi connectivity index (χ0v) is 14.4. The Hall–Kier alpha value is -0.850. The average Bonchev–Trinajstić information content (AvgIpc) is 2.69. The fourth-order valence-corrected chi connectivity index (χ4v) is 3.95. The number of hydrogen-bond acceptors (Lipinski definition) is 6. The summed E-state index contributed by atoms with van der Waals surface area (Å²) in [6.45, 7) is 5.37. The largest absolute Gasteiger partial charge is 0.372 e. The highest BCUT2D eigenvalue weighted by Crippen LogP contribution is 2.33. The van der Waals surface area contributed by atoms with Gasteiger partial charge < -0.3 is 10.2 Å². The first-order valence-corrected chi connectivity index (χ1v) is 8.67. The molecule has 2 rings (SSSR count). The fraction of sp³-hybridized carbons (Fsp3) is 0.571. The maximum atomic E-state index is 4.72. The Balaban J connectivity index is 2.19. The molecule has 20 heavy (non-hydrogen) atoms. The molecule has 110 valence electrons. The van der Waals surface area contributed by atoms with Crippen LogP contribution < -0.4 is 5.32 Å². The van der Waals surface area contributed by atoms with E-state index in [0.717, 1.165) is 34.5 Å². The molecular formula is C14H22N4S2. The Morgan fingerprint density at radius 2 is 2.00 bits per heavy atom. The lowest BCUT2D eigenvalue weighted by Gasteiger charge is -2.09. The van der Waals surface area contributed by atoms with Crippen LogP contribution in [0.25, 0.3) is 10.2 Å². The Kier molecular flexibility index (Phi) is 5.23. The Bertz CT molecular complexity index is 592. The van der Waals surface area contributed by atoms with Crippen molar-refractivity contribution in [3.05, 3.63) is 16.3 Å². The summed E-state index contributed by atoms with van der Waals surface area (Å²) in [5, 5.41) is 4.39. The number of fused-ring (bicyclic) bond motifs is 1. The fourth-order valence-electron chi connectivity index (χ4n) is 1.95. The summed E-state index contributed by atoms with van der Waals surface area (Å²) in [5.74, 6) is 3.85. The predicted molar refractivity (Wildman–Crippen MR) is 91.2 cm³/mol. The molecule has 1 N–H and O–H groups in total. The van der Waals surface area contributed by atoms with Crippen LogP contribution in [0.3, 0.4) is 0 Å². The van der Waals surface area contributed by atoms with Crippen LogP contribution in [-0.4, -0.2) is 48.3 Å². The van der Waals surface area contributed by atoms with E-state index in [9.17, 15) is 0 Å². The lowest BCUT2D eigenvalue weighted by molar-refractivity contribution is 0.437. The van der Waals surface area contributed by atoms with Gasteiger partial charge in [0, 0.05) is 24.2 Å². The number of anilines is 1. The van der Waals surface area contributed by atoms with E-state index in [4.69, 9.17) is 4.98 Å². The molecule has 2 heterocycles. The van der Waals surface area contributed by atoms with E-state index in [0.29, 0.717) is 0 Å². The Labute approximate surface area is 129 Å². The quantitative estimate of drug-likeness (QED) is 0.830. The molecule has 0 bridgehead atoms. The monoisotopic (exact) mass is 310 g/mol. The molecule has 4 nitrogen and oxygen atoms in total. The molecule has 0 unspecified atom stereocenters. The summed E-state index contributed by atoms with van der Waals surface area (Å²) < 4.78 is 0. The van der Waals surface area contributed by atoms with Crippen molar-refractivity contribution in [1.82, 2.24) is 14.9 Å². The molecule has 0 fully saturated rings. The van der Waals surface area contributed by atoms with Crippen LogP contribution in [0, 0.1) is 13.8 Å². The van der Waals surface area contributed by atoms with Crippen molar-refractivity contribution in [1.29, 1.82) is 0 Å². The zero-order chi connectivity index (χ0) is 14.7. The number of rotatable bonds is 6. The van der Waals surface area contributed by atoms with E-state index in [-0.39, 0.29) is 0 Å². The summed E-state index contributed by atoms with van der Waals surface area (Å²) in [5.41, 5.74) is 1.29. The highest BCUT2D eigenvalue weighted by molar-refractivity contribution is 7.98. The van der Waals surface area contributed by atoms with Crippen LogP contribution >= 0.6 is 23.1 Å². The number of hydrogen-bond donors (Lipinski definition) is 1. The van der Waals surface area contributed by atoms with E-state index in [1.165, 1.54) is 15.8 Å². The molecule has 0 aliphatic heterocycles. The summed E-state index contributed by atoms with van der Waals surface area (Å²) in [4.78, 5) is 14.0. The van der Waals surface area contributed by atoms with E-state index in [1.54, 1.807) is 11.3 Å². The van der Waals surface area contributed by atoms with Gasteiger partial charge in [-0.25, -0.2) is 9.97 Å². The summed E-state index contributed by atoms with van der Waals surface area (Å²) in [7, 11) is 6.12. The van der Waals surface area contributed by atoms with Gasteiger partial charge in [0.15, 0.2) is 0 Å². The molecule has 6 heteroatoms. The maximum absolute atomic E-state index is 4.72. The molecule has 0 saturated heterocycles. The highest BCUT2D eigenvalue weighted by Gasteiger charge is 2.13. The number of aryl methyl sites for hydroxylation is 2. The number of nitrogens with one attached hydrogen (secondary N) is 1. The molecule has 2 aromatic rings. The van der Waals surface area contributed by atoms with E-state index < -0.39 is 0 Å². The first kappa shape index (κ1) is 15.5. The smallest absolute Gasteiger partial charge is 0.142 e. The van der Waals surface area contributed by atoms with Gasteiger partial charge in [-0.05, 0) is 33.5 Å². The van der Waals surface area contributed by atoms with Gasteiger partial charge in [0.25, 0.3) is 0 Å². The molecule has 0 radical (unpaired) electrons. The molecule has 0 aromatic carbocycles. The van der Waals surface area contributed by atoms with Crippen molar-refractivity contribution >= 4 is 39.1 Å². The third-order valence-corrected chi connectivity index (χ3v) is 5.26. The van der Waals surface area contributed by atoms with Gasteiger partial charge in [-0.15, -0.1) is 11.3 Å². The second kappa shape index (κ2) is 6.74. The second-order valence-corrected chi connectivity index (χ2v) is 7.37. The van der Waals surface area contributed by atoms with E-state index in [2.05, 4.69) is 43.1 Å². The highest BCUT2D eigenvalue weighted by atomic mass is 32.2. The third-order valence-electron chi connectivity index (χ3n) is 3.23. The SMILES string of the molecule is CNc1nc(CSCCN(C)C)nc2sc(C)c(C)c12. The maximum Gasteiger partial charge on any atom is 0.142 e. The third kappa shape index (κ3) is 3.42. The lowest BCUT2D eigenvalue weighted by atomic mass is 10.2. The molecule has 0 spiro atoms. The Morgan fingerprint density at radius 3 is 2.65 bits per heavy atom. The van der Waals surface area contributed by atoms with Crippen molar-refractivity contribution in [3.63, 3.8) is 0 Å². The minimum atomic E-state index is 0.869. The summed E-state index contributed by atoms with van der Waals surface area (Å²) >= 11 is 3.64. The van der Waals surface area contributed by atoms with Crippen LogP contribution in [0.1, 0.15) is 16.3 Å². The normalized spacial score (nSPS) is 11.5. The van der Waals surface area contributed by atoms with Gasteiger partial charge in [-0.1, -0.05) is 0 Å². The summed E-state index contributed by atoms with van der Waals surface area (Å²) in [6, 6.07) is 0. The minimum absolute atomic E-state index is 0.869. The predicted octanol–water partition coefficient (Wildman–Crippen LogP) is 3.14. The number of aromatic nitrogens is 2. The van der Waals surface area contributed by atoms with Gasteiger partial charge in [0.05, 0.1) is 11.1 Å². The van der Waals surface area contributed by atoms with Gasteiger partial charge in [-0.3, -0.25) is 0 Å². The first-order valence-electron chi connectivity index (χ1n) is 6.69. The van der Waals surface area contributed by atoms with Crippen molar-refractivity contribution in [2.24, 2.45) is 0 Å². The van der Waals surface area contributed by atoms with E-state index in [1.807, 2.05) is 18.8 Å².